The van der Waals surface area contributed by atoms with Crippen molar-refractivity contribution in [3.05, 3.63) is 12.2 Å². The lowest BCUT2D eigenvalue weighted by molar-refractivity contribution is -0.968. The zero-order valence-electron chi connectivity index (χ0n) is 26.2. The van der Waals surface area contributed by atoms with E-state index in [1.807, 2.05) is 0 Å². The Kier molecular flexibility index (Phi) is 22.7. The molecular formula is C33H62NO6+. The molecule has 0 bridgehead atoms. The van der Waals surface area contributed by atoms with Gasteiger partial charge in [0.05, 0.1) is 6.54 Å². The first-order valence-electron chi connectivity index (χ1n) is 16.3. The van der Waals surface area contributed by atoms with Crippen molar-refractivity contribution >= 4 is 17.9 Å². The molecule has 0 aliphatic heterocycles. The van der Waals surface area contributed by atoms with Crippen LogP contribution < -0.4 is 0 Å². The molecule has 0 aromatic heterocycles. The number of carboxylic acid groups (broad SMARTS) is 3. The summed E-state index contributed by atoms with van der Waals surface area (Å²) in [4.78, 5) is 35.5. The van der Waals surface area contributed by atoms with Gasteiger partial charge >= 0.3 is 17.9 Å². The predicted octanol–water partition coefficient (Wildman–Crippen LogP) is 8.60. The van der Waals surface area contributed by atoms with Crippen molar-refractivity contribution in [2.75, 3.05) is 6.54 Å². The maximum absolute atomic E-state index is 11.8. The second-order valence-electron chi connectivity index (χ2n) is 11.8. The molecule has 3 unspecified atom stereocenters. The second-order valence-corrected chi connectivity index (χ2v) is 11.8. The van der Waals surface area contributed by atoms with Crippen molar-refractivity contribution in [1.82, 2.24) is 0 Å². The highest BCUT2D eigenvalue weighted by atomic mass is 16.4. The van der Waals surface area contributed by atoms with E-state index < -0.39 is 40.5 Å². The number of carboxylic acids is 3. The Labute approximate surface area is 245 Å². The van der Waals surface area contributed by atoms with Gasteiger partial charge in [0.1, 0.15) is 0 Å². The number of hydrogen-bond donors (Lipinski definition) is 3. The summed E-state index contributed by atoms with van der Waals surface area (Å²) in [7, 11) is 0. The van der Waals surface area contributed by atoms with Gasteiger partial charge in [0.2, 0.25) is 0 Å². The average molecular weight is 569 g/mol. The number of rotatable bonds is 28. The maximum atomic E-state index is 11.8. The number of unbranched alkanes of at least 4 members (excludes halogenated alkanes) is 18. The lowest BCUT2D eigenvalue weighted by atomic mass is 10.00. The summed E-state index contributed by atoms with van der Waals surface area (Å²) >= 11 is 0. The SMILES string of the molecule is CCCCCCCCC/C=C/CCCCCCCCCCCCC[N+](C(C)C(=O)O)(C(C)C(=O)O)C(C)C(=O)O. The molecule has 0 saturated heterocycles. The van der Waals surface area contributed by atoms with Crippen LogP contribution in [0.5, 0.6) is 0 Å². The Morgan fingerprint density at radius 3 is 1.07 bits per heavy atom. The van der Waals surface area contributed by atoms with E-state index in [2.05, 4.69) is 19.1 Å². The van der Waals surface area contributed by atoms with Crippen LogP contribution >= 0.6 is 0 Å². The minimum Gasteiger partial charge on any atom is -0.477 e. The average Bonchev–Trinajstić information content (AvgIpc) is 2.92. The van der Waals surface area contributed by atoms with Crippen LogP contribution in [-0.2, 0) is 14.4 Å². The first-order valence-corrected chi connectivity index (χ1v) is 16.3. The molecule has 0 rings (SSSR count). The lowest BCUT2D eigenvalue weighted by Crippen LogP contribution is -2.70. The monoisotopic (exact) mass is 568 g/mol. The highest BCUT2D eigenvalue weighted by Gasteiger charge is 2.52. The summed E-state index contributed by atoms with van der Waals surface area (Å²) in [5.41, 5.74) is 0. The number of allylic oxidation sites excluding steroid dienone is 2. The van der Waals surface area contributed by atoms with Crippen LogP contribution in [0, 0.1) is 0 Å². The molecule has 40 heavy (non-hydrogen) atoms. The van der Waals surface area contributed by atoms with Gasteiger partial charge in [0.15, 0.2) is 18.1 Å². The normalized spacial score (nSPS) is 15.5. The molecule has 0 aromatic carbocycles. The number of hydrogen-bond acceptors (Lipinski definition) is 3. The van der Waals surface area contributed by atoms with Crippen molar-refractivity contribution in [2.24, 2.45) is 0 Å². The van der Waals surface area contributed by atoms with Crippen molar-refractivity contribution in [3.8, 4) is 0 Å². The zero-order chi connectivity index (χ0) is 30.2. The molecule has 7 heteroatoms. The van der Waals surface area contributed by atoms with E-state index in [1.165, 1.54) is 124 Å². The molecule has 0 spiro atoms. The van der Waals surface area contributed by atoms with Crippen LogP contribution in [0.3, 0.4) is 0 Å². The summed E-state index contributed by atoms with van der Waals surface area (Å²) < 4.78 is -0.477. The van der Waals surface area contributed by atoms with Gasteiger partial charge in [-0.15, -0.1) is 0 Å². The molecule has 7 nitrogen and oxygen atoms in total. The van der Waals surface area contributed by atoms with Crippen LogP contribution in [0.1, 0.15) is 156 Å². The minimum absolute atomic E-state index is 0.225. The Hall–Kier alpha value is -1.89. The molecular weight excluding hydrogens is 506 g/mol. The fourth-order valence-corrected chi connectivity index (χ4v) is 5.90. The van der Waals surface area contributed by atoms with E-state index in [0.29, 0.717) is 6.42 Å². The van der Waals surface area contributed by atoms with E-state index in [9.17, 15) is 29.7 Å². The minimum atomic E-state index is -1.17. The Bertz CT molecular complexity index is 657. The first-order chi connectivity index (χ1) is 19.1. The van der Waals surface area contributed by atoms with Crippen LogP contribution in [0.2, 0.25) is 0 Å². The van der Waals surface area contributed by atoms with E-state index in [0.717, 1.165) is 19.3 Å². The largest absolute Gasteiger partial charge is 0.477 e. The van der Waals surface area contributed by atoms with Gasteiger partial charge in [-0.25, -0.2) is 14.4 Å². The topological polar surface area (TPSA) is 112 Å². The van der Waals surface area contributed by atoms with E-state index in [1.54, 1.807) is 0 Å². The molecule has 0 aromatic rings. The third-order valence-electron chi connectivity index (χ3n) is 8.79. The quantitative estimate of drug-likeness (QED) is 0.0495. The first kappa shape index (κ1) is 38.1. The van der Waals surface area contributed by atoms with E-state index in [4.69, 9.17) is 0 Å². The van der Waals surface area contributed by atoms with Gasteiger partial charge in [-0.2, -0.15) is 0 Å². The van der Waals surface area contributed by atoms with Crippen LogP contribution in [0.15, 0.2) is 12.2 Å². The fraction of sp³-hybridized carbons (Fsp3) is 0.848. The van der Waals surface area contributed by atoms with Crippen LogP contribution in [0.4, 0.5) is 0 Å². The zero-order valence-corrected chi connectivity index (χ0v) is 26.2. The second kappa shape index (κ2) is 23.8. The molecule has 0 saturated carbocycles. The summed E-state index contributed by atoms with van der Waals surface area (Å²) in [5, 5.41) is 29.0. The van der Waals surface area contributed by atoms with E-state index in [-0.39, 0.29) is 6.54 Å². The highest BCUT2D eigenvalue weighted by Crippen LogP contribution is 2.27. The molecule has 3 atom stereocenters. The molecule has 0 radical (unpaired) electrons. The van der Waals surface area contributed by atoms with Gasteiger partial charge in [0.25, 0.3) is 0 Å². The maximum Gasteiger partial charge on any atom is 0.362 e. The molecule has 0 amide bonds. The molecule has 0 aliphatic carbocycles. The lowest BCUT2D eigenvalue weighted by Gasteiger charge is -2.47. The van der Waals surface area contributed by atoms with Gasteiger partial charge in [-0.3, -0.25) is 4.48 Å². The standard InChI is InChI=1S/C33H61NO6/c1-5-6-7-8-9-10-11-12-13-14-15-16-17-18-19-20-21-22-23-24-25-26-27-34(28(2)31(35)36,29(3)32(37)38)30(4)33(39)40/h13-14,28-30H,5-12,15-27H2,1-4H3,(H2-,35,36,37,38,39,40)/p+1/b14-13+. The molecule has 234 valence electrons. The number of quaternary nitrogens is 1. The number of carbonyl (C=O) groups is 3. The molecule has 0 heterocycles. The molecule has 0 aliphatic rings. The summed E-state index contributed by atoms with van der Waals surface area (Å²) in [6.45, 7) is 6.77. The van der Waals surface area contributed by atoms with Crippen LogP contribution in [-0.4, -0.2) is 62.4 Å². The fourth-order valence-electron chi connectivity index (χ4n) is 5.90. The highest BCUT2D eigenvalue weighted by molar-refractivity contribution is 5.77. The predicted molar refractivity (Wildman–Crippen MR) is 164 cm³/mol. The smallest absolute Gasteiger partial charge is 0.362 e. The summed E-state index contributed by atoms with van der Waals surface area (Å²) in [6, 6.07) is -3.37. The third kappa shape index (κ3) is 15.8. The summed E-state index contributed by atoms with van der Waals surface area (Å²) in [5.74, 6) is -3.51. The van der Waals surface area contributed by atoms with Crippen molar-refractivity contribution in [3.63, 3.8) is 0 Å². The molecule has 0 fully saturated rings. The van der Waals surface area contributed by atoms with Gasteiger partial charge < -0.3 is 15.3 Å². The third-order valence-corrected chi connectivity index (χ3v) is 8.79. The summed E-state index contributed by atoms with van der Waals surface area (Å²) in [6.07, 6.45) is 29.2. The number of nitrogens with zero attached hydrogens (tertiary/aromatic N) is 1. The number of aliphatic carboxylic acids is 3. The van der Waals surface area contributed by atoms with Gasteiger partial charge in [-0.1, -0.05) is 109 Å². The Morgan fingerprint density at radius 1 is 0.500 bits per heavy atom. The van der Waals surface area contributed by atoms with Gasteiger partial charge in [0, 0.05) is 0 Å². The van der Waals surface area contributed by atoms with Crippen molar-refractivity contribution < 1.29 is 34.2 Å². The van der Waals surface area contributed by atoms with Gasteiger partial charge in [-0.05, 0) is 59.3 Å². The van der Waals surface area contributed by atoms with Crippen LogP contribution in [0.25, 0.3) is 0 Å². The van der Waals surface area contributed by atoms with E-state index >= 15 is 0 Å². The van der Waals surface area contributed by atoms with Crippen molar-refractivity contribution in [2.45, 2.75) is 174 Å². The Balaban J connectivity index is 3.99. The Morgan fingerprint density at radius 2 is 0.775 bits per heavy atom. The molecule has 3 N–H and O–H groups in total. The van der Waals surface area contributed by atoms with Crippen molar-refractivity contribution in [1.29, 1.82) is 0 Å².